The number of nitrogens with one attached hydrogen (secondary N) is 1. The molecule has 1 aliphatic rings. The number of benzene rings is 3. The van der Waals surface area contributed by atoms with Crippen molar-refractivity contribution in [3.8, 4) is 22.8 Å². The molecule has 0 radical (unpaired) electrons. The Hall–Kier alpha value is -4.06. The van der Waals surface area contributed by atoms with Crippen molar-refractivity contribution < 1.29 is 14.6 Å². The Morgan fingerprint density at radius 3 is 2.61 bits per heavy atom. The van der Waals surface area contributed by atoms with Gasteiger partial charge in [0.05, 0.1) is 12.6 Å². The third-order valence-corrected chi connectivity index (χ3v) is 5.99. The molecule has 0 bridgehead atoms. The molecule has 1 aromatic heterocycles. The van der Waals surface area contributed by atoms with Gasteiger partial charge >= 0.3 is 0 Å². The Labute approximate surface area is 192 Å². The van der Waals surface area contributed by atoms with Gasteiger partial charge in [0.15, 0.2) is 0 Å². The van der Waals surface area contributed by atoms with Crippen LogP contribution in [0.1, 0.15) is 40.1 Å². The number of amides is 1. The van der Waals surface area contributed by atoms with Crippen LogP contribution in [0.15, 0.2) is 78.9 Å². The molecule has 0 aliphatic carbocycles. The standard InChI is InChI=1S/C27H25N3O3/c1-2-33-20-12-8-11-19(17-20)26-23-24(21-13-6-7-14-22(21)31)28-29-25(23)27(32)30(26)16-15-18-9-4-3-5-10-18/h3-14,17,26,31H,2,15-16H2,1H3,(H,28,29). The number of H-pyrrole nitrogens is 1. The predicted octanol–water partition coefficient (Wildman–Crippen LogP) is 4.97. The molecule has 166 valence electrons. The fourth-order valence-corrected chi connectivity index (χ4v) is 4.49. The highest BCUT2D eigenvalue weighted by molar-refractivity contribution is 6.00. The first-order valence-electron chi connectivity index (χ1n) is 11.1. The molecule has 2 heterocycles. The van der Waals surface area contributed by atoms with Crippen molar-refractivity contribution in [2.45, 2.75) is 19.4 Å². The van der Waals surface area contributed by atoms with Gasteiger partial charge in [-0.25, -0.2) is 0 Å². The zero-order chi connectivity index (χ0) is 22.8. The van der Waals surface area contributed by atoms with Gasteiger partial charge in [-0.15, -0.1) is 0 Å². The molecule has 1 unspecified atom stereocenters. The third-order valence-electron chi connectivity index (χ3n) is 5.99. The first-order valence-corrected chi connectivity index (χ1v) is 11.1. The zero-order valence-electron chi connectivity index (χ0n) is 18.4. The van der Waals surface area contributed by atoms with E-state index in [-0.39, 0.29) is 17.7 Å². The van der Waals surface area contributed by atoms with E-state index in [2.05, 4.69) is 22.3 Å². The van der Waals surface area contributed by atoms with Crippen LogP contribution in [0.25, 0.3) is 11.3 Å². The Bertz CT molecular complexity index is 1280. The van der Waals surface area contributed by atoms with Crippen molar-refractivity contribution >= 4 is 5.91 Å². The van der Waals surface area contributed by atoms with Crippen LogP contribution >= 0.6 is 0 Å². The van der Waals surface area contributed by atoms with E-state index in [1.54, 1.807) is 12.1 Å². The van der Waals surface area contributed by atoms with E-state index < -0.39 is 0 Å². The molecule has 1 aliphatic heterocycles. The molecule has 6 nitrogen and oxygen atoms in total. The van der Waals surface area contributed by atoms with Gasteiger partial charge in [-0.05, 0) is 48.7 Å². The highest BCUT2D eigenvalue weighted by Crippen LogP contribution is 2.44. The SMILES string of the molecule is CCOc1cccc(C2c3c(-c4ccccc4O)n[nH]c3C(=O)N2CCc2ccccc2)c1. The normalized spacial score (nSPS) is 15.0. The molecule has 1 amide bonds. The monoisotopic (exact) mass is 439 g/mol. The highest BCUT2D eigenvalue weighted by atomic mass is 16.5. The molecule has 2 N–H and O–H groups in total. The van der Waals surface area contributed by atoms with E-state index in [4.69, 9.17) is 4.74 Å². The van der Waals surface area contributed by atoms with Crippen molar-refractivity contribution in [3.05, 3.63) is 101 Å². The number of rotatable bonds is 7. The lowest BCUT2D eigenvalue weighted by molar-refractivity contribution is 0.0745. The van der Waals surface area contributed by atoms with E-state index in [1.807, 2.05) is 66.4 Å². The van der Waals surface area contributed by atoms with Crippen molar-refractivity contribution in [2.24, 2.45) is 0 Å². The summed E-state index contributed by atoms with van der Waals surface area (Å²) in [5.41, 5.74) is 4.54. The number of carbonyl (C=O) groups excluding carboxylic acids is 1. The molecule has 0 spiro atoms. The van der Waals surface area contributed by atoms with Gasteiger partial charge in [-0.2, -0.15) is 5.10 Å². The summed E-state index contributed by atoms with van der Waals surface area (Å²) in [7, 11) is 0. The van der Waals surface area contributed by atoms with Crippen molar-refractivity contribution in [2.75, 3.05) is 13.2 Å². The fraction of sp³-hybridized carbons (Fsp3) is 0.185. The third kappa shape index (κ3) is 3.84. The van der Waals surface area contributed by atoms with Crippen molar-refractivity contribution in [1.29, 1.82) is 0 Å². The van der Waals surface area contributed by atoms with Crippen LogP contribution in [0.5, 0.6) is 11.5 Å². The molecule has 1 atom stereocenters. The number of fused-ring (bicyclic) bond motifs is 1. The number of para-hydroxylation sites is 1. The maximum atomic E-state index is 13.5. The molecule has 0 saturated carbocycles. The Morgan fingerprint density at radius 2 is 1.82 bits per heavy atom. The van der Waals surface area contributed by atoms with Gasteiger partial charge in [0, 0.05) is 17.7 Å². The Morgan fingerprint density at radius 1 is 1.03 bits per heavy atom. The van der Waals surface area contributed by atoms with Gasteiger partial charge in [0.2, 0.25) is 0 Å². The zero-order valence-corrected chi connectivity index (χ0v) is 18.4. The maximum Gasteiger partial charge on any atom is 0.273 e. The summed E-state index contributed by atoms with van der Waals surface area (Å²) < 4.78 is 5.73. The fourth-order valence-electron chi connectivity index (χ4n) is 4.49. The average molecular weight is 440 g/mol. The number of phenols is 1. The van der Waals surface area contributed by atoms with Crippen LogP contribution in [0.4, 0.5) is 0 Å². The molecular formula is C27H25N3O3. The molecule has 33 heavy (non-hydrogen) atoms. The summed E-state index contributed by atoms with van der Waals surface area (Å²) >= 11 is 0. The number of aromatic hydroxyl groups is 1. The van der Waals surface area contributed by atoms with E-state index in [1.165, 1.54) is 5.56 Å². The Kier molecular flexibility index (Phi) is 5.57. The minimum atomic E-state index is -0.343. The van der Waals surface area contributed by atoms with Crippen LogP contribution in [-0.4, -0.2) is 39.3 Å². The molecule has 5 rings (SSSR count). The second kappa shape index (κ2) is 8.82. The average Bonchev–Trinajstić information content (AvgIpc) is 3.38. The van der Waals surface area contributed by atoms with Gasteiger partial charge < -0.3 is 14.7 Å². The summed E-state index contributed by atoms with van der Waals surface area (Å²) in [4.78, 5) is 15.4. The first kappa shape index (κ1) is 20.8. The van der Waals surface area contributed by atoms with Crippen LogP contribution in [0.2, 0.25) is 0 Å². The molecule has 0 fully saturated rings. The van der Waals surface area contributed by atoms with Gasteiger partial charge in [0.25, 0.3) is 5.91 Å². The van der Waals surface area contributed by atoms with E-state index in [0.717, 1.165) is 23.3 Å². The summed E-state index contributed by atoms with van der Waals surface area (Å²) in [6.07, 6.45) is 0.734. The number of aromatic amines is 1. The largest absolute Gasteiger partial charge is 0.507 e. The van der Waals surface area contributed by atoms with Gasteiger partial charge in [0.1, 0.15) is 22.9 Å². The van der Waals surface area contributed by atoms with Crippen molar-refractivity contribution in [3.63, 3.8) is 0 Å². The predicted molar refractivity (Wildman–Crippen MR) is 126 cm³/mol. The van der Waals surface area contributed by atoms with E-state index in [9.17, 15) is 9.90 Å². The van der Waals surface area contributed by atoms with Crippen LogP contribution < -0.4 is 4.74 Å². The second-order valence-corrected chi connectivity index (χ2v) is 8.02. The molecule has 6 heteroatoms. The summed E-state index contributed by atoms with van der Waals surface area (Å²) in [6.45, 7) is 3.06. The maximum absolute atomic E-state index is 13.5. The summed E-state index contributed by atoms with van der Waals surface area (Å²) in [6, 6.07) is 24.7. The number of aromatic nitrogens is 2. The van der Waals surface area contributed by atoms with Crippen LogP contribution in [0, 0.1) is 0 Å². The lowest BCUT2D eigenvalue weighted by atomic mass is 9.95. The van der Waals surface area contributed by atoms with E-state index in [0.29, 0.717) is 30.1 Å². The van der Waals surface area contributed by atoms with Gasteiger partial charge in [-0.1, -0.05) is 54.6 Å². The molecule has 0 saturated heterocycles. The lowest BCUT2D eigenvalue weighted by Gasteiger charge is -2.27. The van der Waals surface area contributed by atoms with Gasteiger partial charge in [-0.3, -0.25) is 9.89 Å². The van der Waals surface area contributed by atoms with Crippen LogP contribution in [0.3, 0.4) is 0 Å². The lowest BCUT2D eigenvalue weighted by Crippen LogP contribution is -2.31. The smallest absolute Gasteiger partial charge is 0.273 e. The number of hydrogen-bond acceptors (Lipinski definition) is 4. The quantitative estimate of drug-likeness (QED) is 0.426. The number of carbonyl (C=O) groups is 1. The Balaban J connectivity index is 1.60. The summed E-state index contributed by atoms with van der Waals surface area (Å²) in [5, 5.41) is 17.9. The minimum Gasteiger partial charge on any atom is -0.507 e. The molecule has 3 aromatic carbocycles. The second-order valence-electron chi connectivity index (χ2n) is 8.02. The van der Waals surface area contributed by atoms with E-state index >= 15 is 0 Å². The number of ether oxygens (including phenoxy) is 1. The van der Waals surface area contributed by atoms with Crippen LogP contribution in [-0.2, 0) is 6.42 Å². The molecule has 4 aromatic rings. The minimum absolute atomic E-state index is 0.0954. The highest BCUT2D eigenvalue weighted by Gasteiger charge is 2.42. The summed E-state index contributed by atoms with van der Waals surface area (Å²) in [5.74, 6) is 0.789. The number of nitrogens with zero attached hydrogens (tertiary/aromatic N) is 2. The van der Waals surface area contributed by atoms with Crippen molar-refractivity contribution in [1.82, 2.24) is 15.1 Å². The molecular weight excluding hydrogens is 414 g/mol. The topological polar surface area (TPSA) is 78.5 Å². The number of hydrogen-bond donors (Lipinski definition) is 2. The number of phenolic OH excluding ortho intramolecular Hbond substituents is 1. The first-order chi connectivity index (χ1) is 16.2.